The van der Waals surface area contributed by atoms with E-state index >= 15 is 0 Å². The third-order valence-electron chi connectivity index (χ3n) is 1.82. The first kappa shape index (κ1) is 8.93. The van der Waals surface area contributed by atoms with Crippen LogP contribution in [-0.4, -0.2) is 38.5 Å². The fourth-order valence-electron chi connectivity index (χ4n) is 1.13. The Morgan fingerprint density at radius 3 is 2.82 bits per heavy atom. The van der Waals surface area contributed by atoms with Gasteiger partial charge in [-0.3, -0.25) is 0 Å². The van der Waals surface area contributed by atoms with Crippen LogP contribution in [0.3, 0.4) is 0 Å². The Balaban J connectivity index is 2.21. The zero-order valence-corrected chi connectivity index (χ0v) is 6.66. The molecule has 0 aromatic rings. The van der Waals surface area contributed by atoms with Crippen LogP contribution in [0.5, 0.6) is 0 Å². The first-order valence-electron chi connectivity index (χ1n) is 3.99. The number of ether oxygens (including phenoxy) is 2. The average molecular weight is 160 g/mol. The summed E-state index contributed by atoms with van der Waals surface area (Å²) in [6.45, 7) is 2.57. The molecule has 1 rings (SSSR count). The number of hydrogen-bond acceptors (Lipinski definition) is 4. The Hall–Kier alpha value is -0.160. The highest BCUT2D eigenvalue weighted by Crippen LogP contribution is 2.05. The van der Waals surface area contributed by atoms with E-state index in [0.29, 0.717) is 26.4 Å². The second-order valence-electron chi connectivity index (χ2n) is 2.73. The monoisotopic (exact) mass is 160 g/mol. The number of rotatable bonds is 3. The van der Waals surface area contributed by atoms with Crippen LogP contribution in [0.1, 0.15) is 6.42 Å². The summed E-state index contributed by atoms with van der Waals surface area (Å²) in [5.74, 6) is 0. The van der Waals surface area contributed by atoms with Crippen molar-refractivity contribution >= 4 is 0 Å². The van der Waals surface area contributed by atoms with Crippen molar-refractivity contribution < 1.29 is 9.47 Å². The summed E-state index contributed by atoms with van der Waals surface area (Å²) >= 11 is 0. The van der Waals surface area contributed by atoms with Crippen LogP contribution in [0.4, 0.5) is 0 Å². The minimum Gasteiger partial charge on any atom is -0.376 e. The quantitative estimate of drug-likeness (QED) is 0.560. The lowest BCUT2D eigenvalue weighted by Crippen LogP contribution is -2.44. The summed E-state index contributed by atoms with van der Waals surface area (Å²) in [6.07, 6.45) is 0.848. The summed E-state index contributed by atoms with van der Waals surface area (Å²) in [5, 5.41) is 0. The molecule has 1 aliphatic rings. The van der Waals surface area contributed by atoms with Crippen LogP contribution in [0.2, 0.25) is 0 Å². The maximum atomic E-state index is 5.77. The average Bonchev–Trinajstić information content (AvgIpc) is 2.07. The van der Waals surface area contributed by atoms with Crippen molar-refractivity contribution in [1.82, 2.24) is 0 Å². The molecule has 0 aromatic carbocycles. The van der Waals surface area contributed by atoms with Crippen LogP contribution in [0.25, 0.3) is 0 Å². The SMILES string of the molecule is NCCC(N)C1COCCO1. The largest absolute Gasteiger partial charge is 0.376 e. The van der Waals surface area contributed by atoms with Crippen molar-refractivity contribution in [3.63, 3.8) is 0 Å². The lowest BCUT2D eigenvalue weighted by Gasteiger charge is -2.27. The molecule has 0 amide bonds. The number of nitrogens with two attached hydrogens (primary N) is 2. The normalized spacial score (nSPS) is 28.4. The maximum absolute atomic E-state index is 5.77. The zero-order valence-electron chi connectivity index (χ0n) is 6.66. The maximum Gasteiger partial charge on any atom is 0.0960 e. The lowest BCUT2D eigenvalue weighted by molar-refractivity contribution is -0.0973. The van der Waals surface area contributed by atoms with Gasteiger partial charge in [0.05, 0.1) is 25.9 Å². The molecule has 4 nitrogen and oxygen atoms in total. The van der Waals surface area contributed by atoms with Crippen molar-refractivity contribution in [2.24, 2.45) is 11.5 Å². The van der Waals surface area contributed by atoms with Crippen LogP contribution in [0.15, 0.2) is 0 Å². The zero-order chi connectivity index (χ0) is 8.10. The Kier molecular flexibility index (Phi) is 3.79. The fourth-order valence-corrected chi connectivity index (χ4v) is 1.13. The van der Waals surface area contributed by atoms with Gasteiger partial charge in [-0.25, -0.2) is 0 Å². The Labute approximate surface area is 66.8 Å². The van der Waals surface area contributed by atoms with E-state index in [0.717, 1.165) is 6.42 Å². The molecule has 0 aliphatic carbocycles. The van der Waals surface area contributed by atoms with E-state index in [2.05, 4.69) is 0 Å². The van der Waals surface area contributed by atoms with Gasteiger partial charge >= 0.3 is 0 Å². The molecule has 2 atom stereocenters. The first-order chi connectivity index (χ1) is 5.34. The van der Waals surface area contributed by atoms with E-state index in [1.165, 1.54) is 0 Å². The van der Waals surface area contributed by atoms with E-state index < -0.39 is 0 Å². The fraction of sp³-hybridized carbons (Fsp3) is 1.00. The van der Waals surface area contributed by atoms with Gasteiger partial charge in [0.1, 0.15) is 0 Å². The molecule has 1 saturated heterocycles. The van der Waals surface area contributed by atoms with Crippen molar-refractivity contribution in [1.29, 1.82) is 0 Å². The highest BCUT2D eigenvalue weighted by molar-refractivity contribution is 4.75. The van der Waals surface area contributed by atoms with Gasteiger partial charge in [0.25, 0.3) is 0 Å². The van der Waals surface area contributed by atoms with Crippen LogP contribution in [0, 0.1) is 0 Å². The second-order valence-corrected chi connectivity index (χ2v) is 2.73. The lowest BCUT2D eigenvalue weighted by atomic mass is 10.1. The van der Waals surface area contributed by atoms with Crippen molar-refractivity contribution in [3.05, 3.63) is 0 Å². The van der Waals surface area contributed by atoms with E-state index in [9.17, 15) is 0 Å². The predicted molar refractivity (Wildman–Crippen MR) is 42.2 cm³/mol. The van der Waals surface area contributed by atoms with Crippen LogP contribution in [-0.2, 0) is 9.47 Å². The molecule has 66 valence electrons. The molecule has 11 heavy (non-hydrogen) atoms. The summed E-state index contributed by atoms with van der Waals surface area (Å²) < 4.78 is 10.6. The molecular formula is C7H16N2O2. The standard InChI is InChI=1S/C7H16N2O2/c8-2-1-6(9)7-5-10-3-4-11-7/h6-7H,1-5,8-9H2. The molecule has 0 bridgehead atoms. The van der Waals surface area contributed by atoms with Gasteiger partial charge in [0.2, 0.25) is 0 Å². The molecule has 4 N–H and O–H groups in total. The molecular weight excluding hydrogens is 144 g/mol. The minimum atomic E-state index is 0.0281. The second kappa shape index (κ2) is 4.66. The van der Waals surface area contributed by atoms with Gasteiger partial charge < -0.3 is 20.9 Å². The van der Waals surface area contributed by atoms with Gasteiger partial charge in [-0.15, -0.1) is 0 Å². The van der Waals surface area contributed by atoms with Gasteiger partial charge in [-0.05, 0) is 13.0 Å². The smallest absolute Gasteiger partial charge is 0.0960 e. The predicted octanol–water partition coefficient (Wildman–Crippen LogP) is -0.922. The van der Waals surface area contributed by atoms with Gasteiger partial charge in [-0.1, -0.05) is 0 Å². The molecule has 4 heteroatoms. The molecule has 0 radical (unpaired) electrons. The van der Waals surface area contributed by atoms with E-state index in [1.807, 2.05) is 0 Å². The van der Waals surface area contributed by atoms with Crippen molar-refractivity contribution in [3.8, 4) is 0 Å². The van der Waals surface area contributed by atoms with Gasteiger partial charge in [0.15, 0.2) is 0 Å². The van der Waals surface area contributed by atoms with E-state index in [-0.39, 0.29) is 12.1 Å². The Morgan fingerprint density at radius 2 is 2.27 bits per heavy atom. The van der Waals surface area contributed by atoms with Gasteiger partial charge in [0, 0.05) is 6.04 Å². The summed E-state index contributed by atoms with van der Waals surface area (Å²) in [7, 11) is 0. The minimum absolute atomic E-state index is 0.0281. The van der Waals surface area contributed by atoms with Gasteiger partial charge in [-0.2, -0.15) is 0 Å². The molecule has 1 fully saturated rings. The highest BCUT2D eigenvalue weighted by Gasteiger charge is 2.20. The molecule has 0 saturated carbocycles. The molecule has 0 spiro atoms. The summed E-state index contributed by atoms with van der Waals surface area (Å²) in [6, 6.07) is 0.0281. The van der Waals surface area contributed by atoms with Crippen LogP contribution < -0.4 is 11.5 Å². The van der Waals surface area contributed by atoms with Crippen molar-refractivity contribution in [2.75, 3.05) is 26.4 Å². The highest BCUT2D eigenvalue weighted by atomic mass is 16.6. The molecule has 1 heterocycles. The third kappa shape index (κ3) is 2.75. The molecule has 2 unspecified atom stereocenters. The van der Waals surface area contributed by atoms with E-state index in [1.54, 1.807) is 0 Å². The molecule has 0 aromatic heterocycles. The van der Waals surface area contributed by atoms with Crippen molar-refractivity contribution in [2.45, 2.75) is 18.6 Å². The van der Waals surface area contributed by atoms with E-state index in [4.69, 9.17) is 20.9 Å². The summed E-state index contributed by atoms with van der Waals surface area (Å²) in [4.78, 5) is 0. The summed E-state index contributed by atoms with van der Waals surface area (Å²) in [5.41, 5.74) is 11.1. The first-order valence-corrected chi connectivity index (χ1v) is 3.99. The Bertz CT molecular complexity index is 105. The van der Waals surface area contributed by atoms with Crippen LogP contribution >= 0.6 is 0 Å². The molecule has 1 aliphatic heterocycles. The number of hydrogen-bond donors (Lipinski definition) is 2. The Morgan fingerprint density at radius 1 is 1.45 bits per heavy atom. The topological polar surface area (TPSA) is 70.5 Å². The third-order valence-corrected chi connectivity index (χ3v) is 1.82.